The van der Waals surface area contributed by atoms with Crippen LogP contribution in [0, 0.1) is 0 Å². The number of hydrogen-bond acceptors (Lipinski definition) is 3. The van der Waals surface area contributed by atoms with E-state index >= 15 is 0 Å². The molecule has 1 fully saturated rings. The molecule has 0 spiro atoms. The second-order valence-electron chi connectivity index (χ2n) is 6.95. The molecule has 1 amide bonds. The Morgan fingerprint density at radius 1 is 1.14 bits per heavy atom. The Kier molecular flexibility index (Phi) is 6.59. The van der Waals surface area contributed by atoms with E-state index in [9.17, 15) is 13.2 Å². The Morgan fingerprint density at radius 2 is 1.82 bits per heavy atom. The van der Waals surface area contributed by atoms with Crippen LogP contribution in [-0.2, 0) is 10.0 Å². The summed E-state index contributed by atoms with van der Waals surface area (Å²) >= 11 is 5.81. The zero-order chi connectivity index (χ0) is 20.1. The number of rotatable bonds is 7. The van der Waals surface area contributed by atoms with E-state index in [2.05, 4.69) is 17.0 Å². The summed E-state index contributed by atoms with van der Waals surface area (Å²) in [5.41, 5.74) is 0.868. The minimum absolute atomic E-state index is 0.0939. The summed E-state index contributed by atoms with van der Waals surface area (Å²) in [6, 6.07) is 12.8. The van der Waals surface area contributed by atoms with Gasteiger partial charge in [0.25, 0.3) is 15.9 Å². The number of benzene rings is 2. The van der Waals surface area contributed by atoms with Crippen LogP contribution in [0.3, 0.4) is 0 Å². The Morgan fingerprint density at radius 3 is 2.46 bits per heavy atom. The highest BCUT2D eigenvalue weighted by atomic mass is 35.5. The Balaban J connectivity index is 1.62. The standard InChI is InChI=1S/C20H24ClN3O3S/c1-2-24-13-3-4-18(24)14-22-20(25)15-5-11-19(12-6-15)28(26,27)23-17-9-7-16(21)8-10-17/h5-12,18,23H,2-4,13-14H2,1H3,(H,22,25)/p+1/t18-/m0/s1. The number of halogens is 1. The molecule has 3 rings (SSSR count). The third kappa shape index (κ3) is 5.04. The Labute approximate surface area is 170 Å². The summed E-state index contributed by atoms with van der Waals surface area (Å²) in [5, 5.41) is 3.50. The number of likely N-dealkylation sites (N-methyl/N-ethyl adjacent to an activating group) is 1. The highest BCUT2D eigenvalue weighted by molar-refractivity contribution is 7.92. The quantitative estimate of drug-likeness (QED) is 0.638. The van der Waals surface area contributed by atoms with E-state index in [-0.39, 0.29) is 10.8 Å². The molecule has 1 unspecified atom stereocenters. The van der Waals surface area contributed by atoms with E-state index in [0.717, 1.165) is 19.5 Å². The number of quaternary nitrogens is 1. The molecule has 2 aromatic carbocycles. The molecule has 0 saturated carbocycles. The first-order chi connectivity index (χ1) is 13.4. The van der Waals surface area contributed by atoms with Gasteiger partial charge < -0.3 is 10.2 Å². The molecule has 8 heteroatoms. The second-order valence-corrected chi connectivity index (χ2v) is 9.07. The molecule has 0 bridgehead atoms. The first-order valence-corrected chi connectivity index (χ1v) is 11.3. The minimum atomic E-state index is -3.73. The molecule has 1 aliphatic rings. The summed E-state index contributed by atoms with van der Waals surface area (Å²) in [4.78, 5) is 14.0. The van der Waals surface area contributed by atoms with Crippen LogP contribution < -0.4 is 14.9 Å². The van der Waals surface area contributed by atoms with E-state index in [1.54, 1.807) is 24.3 Å². The molecule has 1 heterocycles. The molecule has 150 valence electrons. The fourth-order valence-electron chi connectivity index (χ4n) is 3.53. The largest absolute Gasteiger partial charge is 0.346 e. The average Bonchev–Trinajstić information content (AvgIpc) is 3.15. The predicted molar refractivity (Wildman–Crippen MR) is 110 cm³/mol. The Bertz CT molecular complexity index is 915. The first-order valence-electron chi connectivity index (χ1n) is 9.40. The molecule has 0 aliphatic carbocycles. The fraction of sp³-hybridized carbons (Fsp3) is 0.350. The molecular weight excluding hydrogens is 398 g/mol. The monoisotopic (exact) mass is 422 g/mol. The van der Waals surface area contributed by atoms with Gasteiger partial charge in [0.15, 0.2) is 0 Å². The highest BCUT2D eigenvalue weighted by Gasteiger charge is 2.27. The number of carbonyl (C=O) groups excluding carboxylic acids is 1. The fourth-order valence-corrected chi connectivity index (χ4v) is 4.72. The van der Waals surface area contributed by atoms with Crippen molar-refractivity contribution in [1.82, 2.24) is 5.32 Å². The van der Waals surface area contributed by atoms with Gasteiger partial charge in [-0.3, -0.25) is 9.52 Å². The van der Waals surface area contributed by atoms with Gasteiger partial charge >= 0.3 is 0 Å². The number of carbonyl (C=O) groups is 1. The zero-order valence-corrected chi connectivity index (χ0v) is 17.3. The summed E-state index contributed by atoms with van der Waals surface area (Å²) in [6.07, 6.45) is 2.31. The van der Waals surface area contributed by atoms with E-state index < -0.39 is 10.0 Å². The van der Waals surface area contributed by atoms with Gasteiger partial charge in [-0.25, -0.2) is 8.42 Å². The van der Waals surface area contributed by atoms with Crippen molar-refractivity contribution in [3.05, 3.63) is 59.1 Å². The molecule has 2 aromatic rings. The molecule has 1 aliphatic heterocycles. The molecule has 3 N–H and O–H groups in total. The van der Waals surface area contributed by atoms with Crippen LogP contribution in [-0.4, -0.2) is 40.0 Å². The van der Waals surface area contributed by atoms with Gasteiger partial charge in [0, 0.05) is 29.1 Å². The van der Waals surface area contributed by atoms with Crippen molar-refractivity contribution in [2.45, 2.75) is 30.7 Å². The number of sulfonamides is 1. The van der Waals surface area contributed by atoms with Crippen molar-refractivity contribution < 1.29 is 18.1 Å². The van der Waals surface area contributed by atoms with E-state index in [1.807, 2.05) is 0 Å². The lowest BCUT2D eigenvalue weighted by Gasteiger charge is -2.20. The summed E-state index contributed by atoms with van der Waals surface area (Å²) < 4.78 is 27.5. The molecule has 2 atom stereocenters. The lowest BCUT2D eigenvalue weighted by molar-refractivity contribution is -0.909. The summed E-state index contributed by atoms with van der Waals surface area (Å²) in [7, 11) is -3.73. The van der Waals surface area contributed by atoms with Crippen molar-refractivity contribution in [2.24, 2.45) is 0 Å². The number of hydrogen-bond donors (Lipinski definition) is 3. The van der Waals surface area contributed by atoms with Gasteiger partial charge in [-0.05, 0) is 55.5 Å². The van der Waals surface area contributed by atoms with E-state index in [0.29, 0.717) is 28.9 Å². The van der Waals surface area contributed by atoms with E-state index in [1.165, 1.54) is 35.6 Å². The van der Waals surface area contributed by atoms with Crippen LogP contribution >= 0.6 is 11.6 Å². The first kappa shape index (κ1) is 20.6. The normalized spacial score (nSPS) is 19.4. The van der Waals surface area contributed by atoms with Crippen molar-refractivity contribution >= 4 is 33.2 Å². The predicted octanol–water partition coefficient (Wildman–Crippen LogP) is 1.94. The van der Waals surface area contributed by atoms with E-state index in [4.69, 9.17) is 11.6 Å². The van der Waals surface area contributed by atoms with Gasteiger partial charge in [-0.15, -0.1) is 0 Å². The topological polar surface area (TPSA) is 79.7 Å². The summed E-state index contributed by atoms with van der Waals surface area (Å²) in [6.45, 7) is 5.02. The van der Waals surface area contributed by atoms with Crippen molar-refractivity contribution in [3.8, 4) is 0 Å². The third-order valence-electron chi connectivity index (χ3n) is 5.11. The van der Waals surface area contributed by atoms with Gasteiger partial charge in [0.1, 0.15) is 6.04 Å². The van der Waals surface area contributed by atoms with Gasteiger partial charge in [-0.1, -0.05) is 11.6 Å². The van der Waals surface area contributed by atoms with Gasteiger partial charge in [-0.2, -0.15) is 0 Å². The van der Waals surface area contributed by atoms with Crippen LogP contribution in [0.1, 0.15) is 30.1 Å². The van der Waals surface area contributed by atoms with Crippen LogP contribution in [0.25, 0.3) is 0 Å². The molecular formula is C20H25ClN3O3S+. The SMILES string of the molecule is CC[NH+]1CCC[C@H]1CNC(=O)c1ccc(S(=O)(=O)Nc2ccc(Cl)cc2)cc1. The van der Waals surface area contributed by atoms with Crippen molar-refractivity contribution in [2.75, 3.05) is 24.4 Å². The maximum Gasteiger partial charge on any atom is 0.261 e. The lowest BCUT2D eigenvalue weighted by Crippen LogP contribution is -3.14. The van der Waals surface area contributed by atoms with Crippen molar-refractivity contribution in [1.29, 1.82) is 0 Å². The maximum atomic E-state index is 12.5. The van der Waals surface area contributed by atoms with Gasteiger partial charge in [0.2, 0.25) is 0 Å². The lowest BCUT2D eigenvalue weighted by atomic mass is 10.2. The zero-order valence-electron chi connectivity index (χ0n) is 15.7. The third-order valence-corrected chi connectivity index (χ3v) is 6.76. The molecule has 28 heavy (non-hydrogen) atoms. The maximum absolute atomic E-state index is 12.5. The molecule has 6 nitrogen and oxygen atoms in total. The van der Waals surface area contributed by atoms with Crippen molar-refractivity contribution in [3.63, 3.8) is 0 Å². The number of nitrogens with one attached hydrogen (secondary N) is 3. The smallest absolute Gasteiger partial charge is 0.261 e. The highest BCUT2D eigenvalue weighted by Crippen LogP contribution is 2.18. The van der Waals surface area contributed by atoms with Crippen LogP contribution in [0.4, 0.5) is 5.69 Å². The second kappa shape index (κ2) is 8.94. The number of likely N-dealkylation sites (tertiary alicyclic amines) is 1. The molecule has 1 saturated heterocycles. The minimum Gasteiger partial charge on any atom is -0.346 e. The average molecular weight is 423 g/mol. The van der Waals surface area contributed by atoms with Crippen LogP contribution in [0.2, 0.25) is 5.02 Å². The number of amides is 1. The Hall–Kier alpha value is -2.09. The van der Waals surface area contributed by atoms with Crippen LogP contribution in [0.5, 0.6) is 0 Å². The molecule has 0 aromatic heterocycles. The van der Waals surface area contributed by atoms with Gasteiger partial charge in [0.05, 0.1) is 24.5 Å². The molecule has 0 radical (unpaired) electrons. The summed E-state index contributed by atoms with van der Waals surface area (Å²) in [5.74, 6) is -0.183. The van der Waals surface area contributed by atoms with Crippen LogP contribution in [0.15, 0.2) is 53.4 Å². The number of anilines is 1.